The van der Waals surface area contributed by atoms with E-state index in [-0.39, 0.29) is 5.91 Å². The van der Waals surface area contributed by atoms with Crippen LogP contribution in [0.2, 0.25) is 5.02 Å². The lowest BCUT2D eigenvalue weighted by atomic mass is 9.96. The smallest absolute Gasteiger partial charge is 0.291 e. The van der Waals surface area contributed by atoms with Crippen molar-refractivity contribution in [3.8, 4) is 28.7 Å². The van der Waals surface area contributed by atoms with Crippen molar-refractivity contribution in [3.63, 3.8) is 0 Å². The Bertz CT molecular complexity index is 1870. The normalized spacial score (nSPS) is 13.3. The number of benzene rings is 3. The van der Waals surface area contributed by atoms with Crippen LogP contribution < -0.4 is 5.32 Å². The molecule has 0 fully saturated rings. The van der Waals surface area contributed by atoms with Crippen molar-refractivity contribution in [2.45, 2.75) is 19.9 Å². The quantitative estimate of drug-likeness (QED) is 0.241. The molecule has 1 aliphatic heterocycles. The van der Waals surface area contributed by atoms with E-state index in [1.807, 2.05) is 62.0 Å². The maximum absolute atomic E-state index is 13.3. The summed E-state index contributed by atoms with van der Waals surface area (Å²) in [6, 6.07) is 17.0. The number of rotatable bonds is 4. The van der Waals surface area contributed by atoms with Gasteiger partial charge in [0.05, 0.1) is 22.0 Å². The number of carbonyl (C=O) groups is 1. The van der Waals surface area contributed by atoms with Crippen molar-refractivity contribution < 1.29 is 9.21 Å². The number of nitrogens with zero attached hydrogens (tertiary/aromatic N) is 5. The molecule has 0 aliphatic carbocycles. The zero-order valence-electron chi connectivity index (χ0n) is 22.0. The van der Waals surface area contributed by atoms with Crippen LogP contribution in [-0.2, 0) is 20.0 Å². The molecule has 0 unspecified atom stereocenters. The van der Waals surface area contributed by atoms with Gasteiger partial charge in [0.25, 0.3) is 5.91 Å². The van der Waals surface area contributed by atoms with Gasteiger partial charge in [-0.1, -0.05) is 51.8 Å². The maximum Gasteiger partial charge on any atom is 0.291 e. The number of hydrogen-bond donors (Lipinski definition) is 1. The standard InChI is InChI=1S/C30H24BrClN6O2/c1-16-19(6-4-7-20(16)30-36-23-13-18(31)12-17(14-33)27(23)40-30)21-8-5-9-22(26(21)32)35-29(39)28-34-24-15-37(2)11-10-25(24)38(28)3/h4-9,12-13H,10-11,15H2,1-3H3,(H,35,39). The summed E-state index contributed by atoms with van der Waals surface area (Å²) < 4.78 is 8.68. The third-order valence-corrected chi connectivity index (χ3v) is 8.19. The summed E-state index contributed by atoms with van der Waals surface area (Å²) in [5.41, 5.74) is 7.27. The molecule has 0 saturated heterocycles. The zero-order valence-corrected chi connectivity index (χ0v) is 24.4. The van der Waals surface area contributed by atoms with E-state index in [1.54, 1.807) is 12.1 Å². The number of anilines is 1. The van der Waals surface area contributed by atoms with Crippen LogP contribution in [0.1, 0.15) is 33.1 Å². The molecule has 6 rings (SSSR count). The third-order valence-electron chi connectivity index (χ3n) is 7.33. The minimum Gasteiger partial charge on any atom is -0.435 e. The number of amides is 1. The first-order chi connectivity index (χ1) is 19.2. The highest BCUT2D eigenvalue weighted by molar-refractivity contribution is 9.10. The fourth-order valence-electron chi connectivity index (χ4n) is 5.23. The minimum absolute atomic E-state index is 0.310. The number of carbonyl (C=O) groups excluding carboxylic acids is 1. The first-order valence-electron chi connectivity index (χ1n) is 12.7. The Morgan fingerprint density at radius 2 is 1.88 bits per heavy atom. The van der Waals surface area contributed by atoms with Crippen molar-refractivity contribution in [1.29, 1.82) is 5.26 Å². The summed E-state index contributed by atoms with van der Waals surface area (Å²) in [5, 5.41) is 12.9. The number of oxazole rings is 1. The van der Waals surface area contributed by atoms with Crippen molar-refractivity contribution in [2.75, 3.05) is 18.9 Å². The first kappa shape index (κ1) is 26.3. The third kappa shape index (κ3) is 4.48. The molecule has 3 aromatic carbocycles. The second-order valence-corrected chi connectivity index (χ2v) is 11.2. The van der Waals surface area contributed by atoms with E-state index >= 15 is 0 Å². The molecule has 0 radical (unpaired) electrons. The van der Waals surface area contributed by atoms with Gasteiger partial charge in [-0.3, -0.25) is 4.79 Å². The van der Waals surface area contributed by atoms with Gasteiger partial charge in [-0.05, 0) is 49.4 Å². The van der Waals surface area contributed by atoms with E-state index in [4.69, 9.17) is 16.0 Å². The molecule has 2 aromatic heterocycles. The van der Waals surface area contributed by atoms with Gasteiger partial charge in [0, 0.05) is 47.9 Å². The molecule has 0 atom stereocenters. The molecule has 0 spiro atoms. The number of imidazole rings is 1. The van der Waals surface area contributed by atoms with Gasteiger partial charge in [-0.2, -0.15) is 5.26 Å². The molecule has 3 heterocycles. The van der Waals surface area contributed by atoms with Crippen molar-refractivity contribution in [2.24, 2.45) is 7.05 Å². The van der Waals surface area contributed by atoms with Crippen molar-refractivity contribution >= 4 is 50.2 Å². The molecule has 200 valence electrons. The number of likely N-dealkylation sites (N-methyl/N-ethyl adjacent to an activating group) is 1. The Morgan fingerprint density at radius 1 is 1.12 bits per heavy atom. The van der Waals surface area contributed by atoms with Gasteiger partial charge in [-0.25, -0.2) is 9.97 Å². The fourth-order valence-corrected chi connectivity index (χ4v) is 5.95. The second kappa shape index (κ2) is 10.2. The molecular weight excluding hydrogens is 592 g/mol. The van der Waals surface area contributed by atoms with E-state index in [2.05, 4.69) is 42.2 Å². The lowest BCUT2D eigenvalue weighted by Gasteiger charge is -2.21. The molecule has 0 bridgehead atoms. The van der Waals surface area contributed by atoms with Crippen LogP contribution >= 0.6 is 27.5 Å². The van der Waals surface area contributed by atoms with Crippen LogP contribution in [-0.4, -0.2) is 38.9 Å². The number of nitrogens with one attached hydrogen (secondary N) is 1. The molecule has 10 heteroatoms. The molecular formula is C30H24BrClN6O2. The fraction of sp³-hybridized carbons (Fsp3) is 0.200. The highest BCUT2D eigenvalue weighted by Crippen LogP contribution is 2.39. The second-order valence-electron chi connectivity index (χ2n) is 9.91. The molecule has 1 aliphatic rings. The van der Waals surface area contributed by atoms with E-state index in [1.165, 1.54) is 0 Å². The van der Waals surface area contributed by atoms with Crippen LogP contribution in [0.4, 0.5) is 5.69 Å². The number of fused-ring (bicyclic) bond motifs is 2. The Hall–Kier alpha value is -3.97. The summed E-state index contributed by atoms with van der Waals surface area (Å²) in [6.07, 6.45) is 0.851. The number of aromatic nitrogens is 3. The summed E-state index contributed by atoms with van der Waals surface area (Å²) in [7, 11) is 3.93. The molecule has 1 N–H and O–H groups in total. The van der Waals surface area contributed by atoms with Crippen LogP contribution in [0.25, 0.3) is 33.7 Å². The zero-order chi connectivity index (χ0) is 28.1. The number of hydrogen-bond acceptors (Lipinski definition) is 6. The SMILES string of the molecule is Cc1c(-c2nc3cc(Br)cc(C#N)c3o2)cccc1-c1cccc(NC(=O)c2nc3c(n2C)CCN(C)C3)c1Cl. The molecule has 40 heavy (non-hydrogen) atoms. The van der Waals surface area contributed by atoms with Crippen LogP contribution in [0, 0.1) is 18.3 Å². The Kier molecular flexibility index (Phi) is 6.70. The van der Waals surface area contributed by atoms with Gasteiger partial charge in [0.1, 0.15) is 11.6 Å². The van der Waals surface area contributed by atoms with Crippen LogP contribution in [0.3, 0.4) is 0 Å². The van der Waals surface area contributed by atoms with Crippen molar-refractivity contribution in [1.82, 2.24) is 19.4 Å². The maximum atomic E-state index is 13.3. The highest BCUT2D eigenvalue weighted by Gasteiger charge is 2.25. The summed E-state index contributed by atoms with van der Waals surface area (Å²) >= 11 is 10.3. The monoisotopic (exact) mass is 614 g/mol. The van der Waals surface area contributed by atoms with Crippen LogP contribution in [0.15, 0.2) is 57.4 Å². The van der Waals surface area contributed by atoms with Gasteiger partial charge in [-0.15, -0.1) is 0 Å². The first-order valence-corrected chi connectivity index (χ1v) is 13.9. The lowest BCUT2D eigenvalue weighted by molar-refractivity contribution is 0.101. The summed E-state index contributed by atoms with van der Waals surface area (Å²) in [6.45, 7) is 3.62. The predicted molar refractivity (Wildman–Crippen MR) is 158 cm³/mol. The van der Waals surface area contributed by atoms with E-state index in [0.29, 0.717) is 39.1 Å². The summed E-state index contributed by atoms with van der Waals surface area (Å²) in [5.74, 6) is 0.461. The van der Waals surface area contributed by atoms with Crippen LogP contribution in [0.5, 0.6) is 0 Å². The number of nitriles is 1. The Labute approximate surface area is 244 Å². The van der Waals surface area contributed by atoms with E-state index < -0.39 is 0 Å². The van der Waals surface area contributed by atoms with Gasteiger partial charge >= 0.3 is 0 Å². The average molecular weight is 616 g/mol. The molecule has 0 saturated carbocycles. The Morgan fingerprint density at radius 3 is 2.67 bits per heavy atom. The molecule has 1 amide bonds. The molecule has 5 aromatic rings. The minimum atomic E-state index is -0.310. The highest BCUT2D eigenvalue weighted by atomic mass is 79.9. The lowest BCUT2D eigenvalue weighted by Crippen LogP contribution is -2.27. The topological polar surface area (TPSA) is 100.0 Å². The Balaban J connectivity index is 1.35. The van der Waals surface area contributed by atoms with Gasteiger partial charge in [0.2, 0.25) is 5.89 Å². The van der Waals surface area contributed by atoms with E-state index in [9.17, 15) is 10.1 Å². The van der Waals surface area contributed by atoms with Crippen molar-refractivity contribution in [3.05, 3.63) is 86.4 Å². The number of halogens is 2. The largest absolute Gasteiger partial charge is 0.435 e. The van der Waals surface area contributed by atoms with Gasteiger partial charge in [0.15, 0.2) is 11.4 Å². The van der Waals surface area contributed by atoms with Gasteiger partial charge < -0.3 is 19.2 Å². The summed E-state index contributed by atoms with van der Waals surface area (Å²) in [4.78, 5) is 24.8. The van der Waals surface area contributed by atoms with E-state index in [0.717, 1.165) is 57.6 Å². The average Bonchev–Trinajstić information content (AvgIpc) is 3.50. The molecule has 8 nitrogen and oxygen atoms in total. The predicted octanol–water partition coefficient (Wildman–Crippen LogP) is 6.73.